The fraction of sp³-hybridized carbons (Fsp3) is 0.765. The fourth-order valence-corrected chi connectivity index (χ4v) is 3.26. The van der Waals surface area contributed by atoms with Crippen LogP contribution in [-0.2, 0) is 9.63 Å². The summed E-state index contributed by atoms with van der Waals surface area (Å²) in [4.78, 5) is 26.6. The number of hydrogen-bond acceptors (Lipinski definition) is 7. The Labute approximate surface area is 147 Å². The highest BCUT2D eigenvalue weighted by atomic mass is 16.6. The van der Waals surface area contributed by atoms with Crippen LogP contribution in [0.15, 0.2) is 9.68 Å². The number of hydrogen-bond donors (Lipinski definition) is 0. The summed E-state index contributed by atoms with van der Waals surface area (Å²) in [5, 5.41) is 8.18. The smallest absolute Gasteiger partial charge is 0.266 e. The number of carbonyl (C=O) groups excluding carboxylic acids is 1. The molecule has 8 nitrogen and oxygen atoms in total. The van der Waals surface area contributed by atoms with E-state index in [1.807, 2.05) is 4.90 Å². The molecule has 1 saturated carbocycles. The van der Waals surface area contributed by atoms with Crippen LogP contribution in [0, 0.1) is 5.92 Å². The van der Waals surface area contributed by atoms with E-state index in [-0.39, 0.29) is 5.91 Å². The van der Waals surface area contributed by atoms with E-state index in [9.17, 15) is 4.79 Å². The van der Waals surface area contributed by atoms with Gasteiger partial charge in [0.05, 0.1) is 5.71 Å². The van der Waals surface area contributed by atoms with Gasteiger partial charge in [-0.05, 0) is 30.3 Å². The Bertz CT molecular complexity index is 667. The maximum Gasteiger partial charge on any atom is 0.266 e. The van der Waals surface area contributed by atoms with Crippen molar-refractivity contribution in [3.63, 3.8) is 0 Å². The molecule has 4 rings (SSSR count). The predicted molar refractivity (Wildman–Crippen MR) is 91.4 cm³/mol. The predicted octanol–water partition coefficient (Wildman–Crippen LogP) is 1.79. The van der Waals surface area contributed by atoms with Crippen molar-refractivity contribution in [1.29, 1.82) is 0 Å². The van der Waals surface area contributed by atoms with Gasteiger partial charge in [0.1, 0.15) is 0 Å². The summed E-state index contributed by atoms with van der Waals surface area (Å²) in [5.74, 6) is 2.22. The van der Waals surface area contributed by atoms with Crippen molar-refractivity contribution in [2.24, 2.45) is 11.1 Å². The van der Waals surface area contributed by atoms with Gasteiger partial charge in [0.25, 0.3) is 11.9 Å². The highest BCUT2D eigenvalue weighted by molar-refractivity contribution is 5.93. The Morgan fingerprint density at radius 3 is 2.76 bits per heavy atom. The number of nitrogens with zero attached hydrogens (tertiary/aromatic N) is 5. The van der Waals surface area contributed by atoms with Gasteiger partial charge in [0.15, 0.2) is 0 Å². The molecule has 1 aromatic rings. The topological polar surface area (TPSA) is 84.1 Å². The van der Waals surface area contributed by atoms with Crippen LogP contribution in [0.25, 0.3) is 0 Å². The van der Waals surface area contributed by atoms with E-state index in [1.54, 1.807) is 0 Å². The van der Waals surface area contributed by atoms with Gasteiger partial charge in [-0.2, -0.15) is 4.98 Å². The number of rotatable bonds is 4. The normalized spacial score (nSPS) is 24.3. The Hall–Kier alpha value is -2.12. The van der Waals surface area contributed by atoms with Crippen molar-refractivity contribution in [2.75, 3.05) is 31.1 Å². The van der Waals surface area contributed by atoms with Gasteiger partial charge in [-0.25, -0.2) is 0 Å². The van der Waals surface area contributed by atoms with Crippen LogP contribution < -0.4 is 4.90 Å². The zero-order valence-corrected chi connectivity index (χ0v) is 14.8. The van der Waals surface area contributed by atoms with Crippen molar-refractivity contribution in [2.45, 2.75) is 51.6 Å². The lowest BCUT2D eigenvalue weighted by atomic mass is 10.0. The van der Waals surface area contributed by atoms with Crippen molar-refractivity contribution >= 4 is 17.6 Å². The summed E-state index contributed by atoms with van der Waals surface area (Å²) in [5.41, 5.74) is 0.967. The number of aromatic nitrogens is 2. The van der Waals surface area contributed by atoms with Gasteiger partial charge in [-0.15, -0.1) is 0 Å². The first kappa shape index (κ1) is 16.4. The van der Waals surface area contributed by atoms with Gasteiger partial charge in [-0.1, -0.05) is 19.0 Å². The second-order valence-corrected chi connectivity index (χ2v) is 7.41. The molecule has 1 aromatic heterocycles. The Balaban J connectivity index is 1.34. The van der Waals surface area contributed by atoms with E-state index in [0.29, 0.717) is 37.3 Å². The molecular weight excluding hydrogens is 322 g/mol. The van der Waals surface area contributed by atoms with Crippen molar-refractivity contribution < 1.29 is 14.2 Å². The standard InChI is InChI=1S/C17H25N5O3/c1-11(2)13-10-14(24-19-13)16(23)21-6-3-7-22(9-8-21)17-18-15(25-20-17)12-4-5-12/h11-12,14H,3-10H2,1-2H3. The Morgan fingerprint density at radius 2 is 2.04 bits per heavy atom. The highest BCUT2D eigenvalue weighted by Crippen LogP contribution is 2.39. The molecule has 136 valence electrons. The first-order chi connectivity index (χ1) is 12.1. The molecule has 8 heteroatoms. The van der Waals surface area contributed by atoms with Gasteiger partial charge < -0.3 is 19.2 Å². The molecule has 1 unspecified atom stereocenters. The number of oxime groups is 1. The molecule has 0 aromatic carbocycles. The van der Waals surface area contributed by atoms with Crippen molar-refractivity contribution in [3.05, 3.63) is 5.89 Å². The van der Waals surface area contributed by atoms with Crippen LogP contribution in [0.5, 0.6) is 0 Å². The molecule has 1 atom stereocenters. The van der Waals surface area contributed by atoms with Gasteiger partial charge in [-0.3, -0.25) is 4.79 Å². The maximum absolute atomic E-state index is 12.7. The Morgan fingerprint density at radius 1 is 1.20 bits per heavy atom. The van der Waals surface area contributed by atoms with Crippen LogP contribution in [0.3, 0.4) is 0 Å². The molecule has 0 bridgehead atoms. The molecule has 3 aliphatic rings. The highest BCUT2D eigenvalue weighted by Gasteiger charge is 2.34. The molecule has 1 saturated heterocycles. The molecular formula is C17H25N5O3. The summed E-state index contributed by atoms with van der Waals surface area (Å²) in [6.07, 6.45) is 3.31. The van der Waals surface area contributed by atoms with Gasteiger partial charge in [0, 0.05) is 38.5 Å². The minimum atomic E-state index is -0.462. The summed E-state index contributed by atoms with van der Waals surface area (Å²) in [6, 6.07) is 0. The van der Waals surface area contributed by atoms with E-state index in [1.165, 1.54) is 0 Å². The third-order valence-electron chi connectivity index (χ3n) is 5.08. The number of amides is 1. The average Bonchev–Trinajstić information content (AvgIpc) is 3.21. The summed E-state index contributed by atoms with van der Waals surface area (Å²) in [6.45, 7) is 7.04. The van der Waals surface area contributed by atoms with E-state index >= 15 is 0 Å². The quantitative estimate of drug-likeness (QED) is 0.825. The van der Waals surface area contributed by atoms with Gasteiger partial charge >= 0.3 is 0 Å². The minimum absolute atomic E-state index is 0.0352. The van der Waals surface area contributed by atoms with Crippen molar-refractivity contribution in [1.82, 2.24) is 15.0 Å². The molecule has 1 amide bonds. The first-order valence-electron chi connectivity index (χ1n) is 9.21. The first-order valence-corrected chi connectivity index (χ1v) is 9.21. The van der Waals surface area contributed by atoms with Crippen LogP contribution in [0.1, 0.15) is 51.3 Å². The average molecular weight is 347 g/mol. The minimum Gasteiger partial charge on any atom is -0.382 e. The lowest BCUT2D eigenvalue weighted by Gasteiger charge is -2.23. The largest absolute Gasteiger partial charge is 0.382 e. The fourth-order valence-electron chi connectivity index (χ4n) is 3.26. The van der Waals surface area contributed by atoms with Crippen LogP contribution in [0.2, 0.25) is 0 Å². The van der Waals surface area contributed by atoms with Crippen LogP contribution in [0.4, 0.5) is 5.95 Å². The van der Waals surface area contributed by atoms with E-state index in [4.69, 9.17) is 9.36 Å². The molecule has 0 N–H and O–H groups in total. The van der Waals surface area contributed by atoms with E-state index in [0.717, 1.165) is 44.0 Å². The second kappa shape index (κ2) is 6.65. The number of anilines is 1. The molecule has 25 heavy (non-hydrogen) atoms. The second-order valence-electron chi connectivity index (χ2n) is 7.41. The van der Waals surface area contributed by atoms with Gasteiger partial charge in [0.2, 0.25) is 12.0 Å². The Kier molecular flexibility index (Phi) is 4.35. The molecule has 0 spiro atoms. The zero-order valence-electron chi connectivity index (χ0n) is 14.8. The summed E-state index contributed by atoms with van der Waals surface area (Å²) < 4.78 is 5.35. The lowest BCUT2D eigenvalue weighted by molar-refractivity contribution is -0.141. The third kappa shape index (κ3) is 3.48. The molecule has 3 heterocycles. The number of carbonyl (C=O) groups is 1. The maximum atomic E-state index is 12.7. The molecule has 1 aliphatic carbocycles. The zero-order chi connectivity index (χ0) is 17.4. The molecule has 0 radical (unpaired) electrons. The summed E-state index contributed by atoms with van der Waals surface area (Å²) >= 11 is 0. The van der Waals surface area contributed by atoms with E-state index < -0.39 is 6.10 Å². The lowest BCUT2D eigenvalue weighted by Crippen LogP contribution is -2.41. The third-order valence-corrected chi connectivity index (χ3v) is 5.08. The summed E-state index contributed by atoms with van der Waals surface area (Å²) in [7, 11) is 0. The molecule has 2 fully saturated rings. The monoisotopic (exact) mass is 347 g/mol. The van der Waals surface area contributed by atoms with E-state index in [2.05, 4.69) is 34.0 Å². The van der Waals surface area contributed by atoms with Crippen molar-refractivity contribution in [3.8, 4) is 0 Å². The SMILES string of the molecule is CC(C)C1=NOC(C(=O)N2CCCN(c3noc(C4CC4)n3)CC2)C1. The van der Waals surface area contributed by atoms with Crippen LogP contribution in [-0.4, -0.2) is 58.9 Å². The molecule has 2 aliphatic heterocycles. The van der Waals surface area contributed by atoms with Crippen LogP contribution >= 0.6 is 0 Å².